The number of esters is 1. The van der Waals surface area contributed by atoms with E-state index in [0.717, 1.165) is 6.07 Å². The van der Waals surface area contributed by atoms with Gasteiger partial charge in [0.15, 0.2) is 6.61 Å². The third-order valence-electron chi connectivity index (χ3n) is 4.25. The molecule has 2 aromatic carbocycles. The molecule has 0 bridgehead atoms. The first-order valence-corrected chi connectivity index (χ1v) is 8.45. The van der Waals surface area contributed by atoms with Crippen molar-refractivity contribution >= 4 is 17.6 Å². The van der Waals surface area contributed by atoms with Gasteiger partial charge in [-0.1, -0.05) is 30.3 Å². The normalized spacial score (nSPS) is 10.5. The summed E-state index contributed by atoms with van der Waals surface area (Å²) in [7, 11) is 1.69. The summed E-state index contributed by atoms with van der Waals surface area (Å²) >= 11 is 0. The Balaban J connectivity index is 1.74. The molecule has 0 unspecified atom stereocenters. The molecule has 28 heavy (non-hydrogen) atoms. The summed E-state index contributed by atoms with van der Waals surface area (Å²) in [5.74, 6) is -2.40. The van der Waals surface area contributed by atoms with Gasteiger partial charge in [0.1, 0.15) is 11.5 Å². The summed E-state index contributed by atoms with van der Waals surface area (Å²) in [6, 6.07) is 14.3. The maximum Gasteiger partial charge on any atom is 0.341 e. The highest BCUT2D eigenvalue weighted by Gasteiger charge is 2.19. The molecular weight excluding hydrogens is 365 g/mol. The third-order valence-corrected chi connectivity index (χ3v) is 4.25. The van der Waals surface area contributed by atoms with Crippen molar-refractivity contribution in [3.63, 3.8) is 0 Å². The van der Waals surface area contributed by atoms with Crippen molar-refractivity contribution in [2.75, 3.05) is 11.9 Å². The molecule has 0 spiro atoms. The zero-order valence-electron chi connectivity index (χ0n) is 15.3. The van der Waals surface area contributed by atoms with Gasteiger partial charge in [-0.05, 0) is 31.2 Å². The molecule has 144 valence electrons. The van der Waals surface area contributed by atoms with Crippen LogP contribution in [0.4, 0.5) is 10.1 Å². The van der Waals surface area contributed by atoms with Gasteiger partial charge in [0.2, 0.25) is 0 Å². The van der Waals surface area contributed by atoms with Gasteiger partial charge in [-0.15, -0.1) is 0 Å². The standard InChI is InChI=1S/C20H18FN3O4/c1-13-18(19(26)24(23(13)2)14-8-4-3-5-9-14)22-17(25)12-28-20(27)15-10-6-7-11-16(15)21/h3-11H,12H2,1-2H3,(H,22,25). The van der Waals surface area contributed by atoms with Gasteiger partial charge in [-0.3, -0.25) is 14.3 Å². The minimum atomic E-state index is -0.959. The number of anilines is 1. The molecule has 1 aromatic heterocycles. The molecule has 0 saturated heterocycles. The van der Waals surface area contributed by atoms with Crippen molar-refractivity contribution in [3.05, 3.63) is 82.0 Å². The summed E-state index contributed by atoms with van der Waals surface area (Å²) in [4.78, 5) is 36.8. The molecule has 7 nitrogen and oxygen atoms in total. The molecular formula is C20H18FN3O4. The molecule has 1 N–H and O–H groups in total. The number of carbonyl (C=O) groups excluding carboxylic acids is 2. The van der Waals surface area contributed by atoms with Crippen molar-refractivity contribution in [2.45, 2.75) is 6.92 Å². The Morgan fingerprint density at radius 2 is 1.71 bits per heavy atom. The van der Waals surface area contributed by atoms with Crippen LogP contribution in [0.25, 0.3) is 5.69 Å². The average molecular weight is 383 g/mol. The molecule has 0 saturated carbocycles. The lowest BCUT2D eigenvalue weighted by molar-refractivity contribution is -0.119. The average Bonchev–Trinajstić information content (AvgIpc) is 2.90. The van der Waals surface area contributed by atoms with Crippen LogP contribution in [0.1, 0.15) is 16.1 Å². The Morgan fingerprint density at radius 3 is 2.39 bits per heavy atom. The van der Waals surface area contributed by atoms with E-state index in [2.05, 4.69) is 5.32 Å². The first-order valence-electron chi connectivity index (χ1n) is 8.45. The number of halogens is 1. The van der Waals surface area contributed by atoms with Crippen LogP contribution in [0.2, 0.25) is 0 Å². The molecule has 1 amide bonds. The summed E-state index contributed by atoms with van der Waals surface area (Å²) in [5, 5.41) is 2.47. The van der Waals surface area contributed by atoms with Crippen LogP contribution in [0, 0.1) is 12.7 Å². The molecule has 0 aliphatic carbocycles. The van der Waals surface area contributed by atoms with E-state index in [-0.39, 0.29) is 11.3 Å². The topological polar surface area (TPSA) is 82.3 Å². The van der Waals surface area contributed by atoms with Gasteiger partial charge in [0.05, 0.1) is 16.9 Å². The van der Waals surface area contributed by atoms with E-state index in [1.165, 1.54) is 22.9 Å². The van der Waals surface area contributed by atoms with Crippen LogP contribution in [0.5, 0.6) is 0 Å². The number of hydrogen-bond acceptors (Lipinski definition) is 4. The first kappa shape index (κ1) is 19.1. The Hall–Kier alpha value is -3.68. The van der Waals surface area contributed by atoms with Crippen LogP contribution < -0.4 is 10.9 Å². The highest BCUT2D eigenvalue weighted by atomic mass is 19.1. The van der Waals surface area contributed by atoms with E-state index in [1.807, 2.05) is 6.07 Å². The fourth-order valence-corrected chi connectivity index (χ4v) is 2.72. The van der Waals surface area contributed by atoms with E-state index in [1.54, 1.807) is 42.9 Å². The number of benzene rings is 2. The molecule has 3 aromatic rings. The number of ether oxygens (including phenoxy) is 1. The number of para-hydroxylation sites is 1. The van der Waals surface area contributed by atoms with E-state index >= 15 is 0 Å². The smallest absolute Gasteiger partial charge is 0.341 e. The number of carbonyl (C=O) groups is 2. The lowest BCUT2D eigenvalue weighted by atomic mass is 10.2. The van der Waals surface area contributed by atoms with E-state index in [9.17, 15) is 18.8 Å². The molecule has 3 rings (SSSR count). The predicted molar refractivity (Wildman–Crippen MR) is 101 cm³/mol. The zero-order chi connectivity index (χ0) is 20.3. The van der Waals surface area contributed by atoms with Gasteiger partial charge in [0.25, 0.3) is 11.5 Å². The second kappa shape index (κ2) is 7.91. The summed E-state index contributed by atoms with van der Waals surface area (Å²) in [6.07, 6.45) is 0. The molecule has 0 radical (unpaired) electrons. The fourth-order valence-electron chi connectivity index (χ4n) is 2.72. The second-order valence-electron chi connectivity index (χ2n) is 6.04. The molecule has 0 aliphatic rings. The SMILES string of the molecule is Cc1c(NC(=O)COC(=O)c2ccccc2F)c(=O)n(-c2ccccc2)n1C. The maximum atomic E-state index is 13.6. The maximum absolute atomic E-state index is 13.6. The molecule has 0 fully saturated rings. The van der Waals surface area contributed by atoms with Crippen LogP contribution in [-0.4, -0.2) is 27.8 Å². The molecule has 1 heterocycles. The van der Waals surface area contributed by atoms with E-state index in [0.29, 0.717) is 11.4 Å². The number of amides is 1. The van der Waals surface area contributed by atoms with Gasteiger partial charge in [0, 0.05) is 7.05 Å². The van der Waals surface area contributed by atoms with Crippen molar-refractivity contribution in [3.8, 4) is 5.69 Å². The highest BCUT2D eigenvalue weighted by molar-refractivity contribution is 5.95. The van der Waals surface area contributed by atoms with Crippen LogP contribution >= 0.6 is 0 Å². The fraction of sp³-hybridized carbons (Fsp3) is 0.150. The quantitative estimate of drug-likeness (QED) is 0.686. The second-order valence-corrected chi connectivity index (χ2v) is 6.04. The first-order chi connectivity index (χ1) is 13.4. The number of nitrogens with one attached hydrogen (secondary N) is 1. The Bertz CT molecular complexity index is 1090. The van der Waals surface area contributed by atoms with Crippen LogP contribution in [0.3, 0.4) is 0 Å². The number of hydrogen-bond donors (Lipinski definition) is 1. The summed E-state index contributed by atoms with van der Waals surface area (Å²) in [5.41, 5.74) is 0.572. The van der Waals surface area contributed by atoms with Crippen molar-refractivity contribution < 1.29 is 18.7 Å². The summed E-state index contributed by atoms with van der Waals surface area (Å²) in [6.45, 7) is 1.04. The predicted octanol–water partition coefficient (Wildman–Crippen LogP) is 2.42. The zero-order valence-corrected chi connectivity index (χ0v) is 15.3. The van der Waals surface area contributed by atoms with Gasteiger partial charge < -0.3 is 10.1 Å². The number of rotatable bonds is 5. The molecule has 0 aliphatic heterocycles. The van der Waals surface area contributed by atoms with Gasteiger partial charge in [-0.25, -0.2) is 13.9 Å². The van der Waals surface area contributed by atoms with Gasteiger partial charge >= 0.3 is 5.97 Å². The lowest BCUT2D eigenvalue weighted by Gasteiger charge is -2.07. The minimum Gasteiger partial charge on any atom is -0.452 e. The van der Waals surface area contributed by atoms with Crippen LogP contribution in [0.15, 0.2) is 59.4 Å². The highest BCUT2D eigenvalue weighted by Crippen LogP contribution is 2.14. The third kappa shape index (κ3) is 3.71. The van der Waals surface area contributed by atoms with Crippen molar-refractivity contribution in [1.29, 1.82) is 0 Å². The van der Waals surface area contributed by atoms with Crippen molar-refractivity contribution in [2.24, 2.45) is 7.05 Å². The number of aromatic nitrogens is 2. The Kier molecular flexibility index (Phi) is 5.39. The Morgan fingerprint density at radius 1 is 1.07 bits per heavy atom. The largest absolute Gasteiger partial charge is 0.452 e. The Labute approximate surface area is 160 Å². The van der Waals surface area contributed by atoms with Gasteiger partial charge in [-0.2, -0.15) is 0 Å². The minimum absolute atomic E-state index is 0.0818. The summed E-state index contributed by atoms with van der Waals surface area (Å²) < 4.78 is 21.4. The monoisotopic (exact) mass is 383 g/mol. The van der Waals surface area contributed by atoms with E-state index in [4.69, 9.17) is 4.74 Å². The number of nitrogens with zero attached hydrogens (tertiary/aromatic N) is 2. The van der Waals surface area contributed by atoms with Crippen molar-refractivity contribution in [1.82, 2.24) is 9.36 Å². The molecule has 0 atom stereocenters. The lowest BCUT2D eigenvalue weighted by Crippen LogP contribution is -2.26. The van der Waals surface area contributed by atoms with E-state index < -0.39 is 29.9 Å². The van der Waals surface area contributed by atoms with Crippen LogP contribution in [-0.2, 0) is 16.6 Å². The molecule has 8 heteroatoms.